The molecule has 1 atom stereocenters. The zero-order valence-electron chi connectivity index (χ0n) is 6.02. The quantitative estimate of drug-likeness (QED) is 0.577. The van der Waals surface area contributed by atoms with E-state index in [0.29, 0.717) is 19.4 Å². The molecule has 0 aliphatic heterocycles. The van der Waals surface area contributed by atoms with Gasteiger partial charge >= 0.3 is 0 Å². The van der Waals surface area contributed by atoms with E-state index in [1.165, 1.54) is 0 Å². The van der Waals surface area contributed by atoms with Crippen molar-refractivity contribution in [1.29, 1.82) is 0 Å². The van der Waals surface area contributed by atoms with E-state index in [-0.39, 0.29) is 11.7 Å². The first kappa shape index (κ1) is 9.43. The van der Waals surface area contributed by atoms with Gasteiger partial charge in [0, 0.05) is 6.42 Å². The maximum Gasteiger partial charge on any atom is 0.0927 e. The van der Waals surface area contributed by atoms with Crippen molar-refractivity contribution >= 4 is 0 Å². The molecule has 3 heteroatoms. The first-order valence-corrected chi connectivity index (χ1v) is 3.33. The van der Waals surface area contributed by atoms with Gasteiger partial charge < -0.3 is 10.8 Å². The lowest BCUT2D eigenvalue weighted by Gasteiger charge is -2.09. The second kappa shape index (κ2) is 5.23. The number of hydrogen-bond donors (Lipinski definition) is 2. The van der Waals surface area contributed by atoms with Gasteiger partial charge in [-0.2, -0.15) is 0 Å². The molecule has 0 rings (SSSR count). The molecular weight excluding hydrogens is 133 g/mol. The Morgan fingerprint density at radius 1 is 1.70 bits per heavy atom. The molecule has 0 amide bonds. The van der Waals surface area contributed by atoms with Gasteiger partial charge in [-0.05, 0) is 18.9 Å². The maximum absolute atomic E-state index is 12.0. The van der Waals surface area contributed by atoms with Crippen LogP contribution >= 0.6 is 0 Å². The number of hydrogen-bond acceptors (Lipinski definition) is 2. The minimum Gasteiger partial charge on any atom is -0.513 e. The van der Waals surface area contributed by atoms with Crippen LogP contribution in [-0.2, 0) is 0 Å². The second-order valence-corrected chi connectivity index (χ2v) is 2.37. The van der Waals surface area contributed by atoms with Crippen LogP contribution in [0.25, 0.3) is 0 Å². The van der Waals surface area contributed by atoms with Gasteiger partial charge in [0.2, 0.25) is 0 Å². The largest absolute Gasteiger partial charge is 0.513 e. The highest BCUT2D eigenvalue weighted by atomic mass is 19.1. The molecule has 0 bridgehead atoms. The van der Waals surface area contributed by atoms with Crippen molar-refractivity contribution in [3.8, 4) is 0 Å². The number of aliphatic hydroxyl groups is 1. The predicted octanol–water partition coefficient (Wildman–Crippen LogP) is 1.38. The Labute approximate surface area is 60.5 Å². The summed E-state index contributed by atoms with van der Waals surface area (Å²) in [5.41, 5.74) is 5.20. The van der Waals surface area contributed by atoms with Gasteiger partial charge in [0.15, 0.2) is 0 Å². The zero-order valence-corrected chi connectivity index (χ0v) is 6.02. The Hall–Kier alpha value is -0.570. The second-order valence-electron chi connectivity index (χ2n) is 2.37. The number of allylic oxidation sites excluding steroid dienone is 1. The Bertz CT molecular complexity index is 106. The van der Waals surface area contributed by atoms with E-state index in [9.17, 15) is 4.39 Å². The molecule has 3 N–H and O–H groups in total. The van der Waals surface area contributed by atoms with Crippen molar-refractivity contribution < 1.29 is 9.50 Å². The van der Waals surface area contributed by atoms with Crippen LogP contribution in [0, 0.1) is 5.92 Å². The summed E-state index contributed by atoms with van der Waals surface area (Å²) >= 11 is 0. The standard InChI is InChI=1S/C7H14FNO/c1-6(10)4-7(5-8)2-3-9/h7,10H,1-5,9H2. The van der Waals surface area contributed by atoms with E-state index in [2.05, 4.69) is 6.58 Å². The molecule has 0 saturated carbocycles. The third-order valence-corrected chi connectivity index (χ3v) is 1.32. The van der Waals surface area contributed by atoms with Crippen molar-refractivity contribution in [3.05, 3.63) is 12.3 Å². The molecule has 60 valence electrons. The zero-order chi connectivity index (χ0) is 7.98. The van der Waals surface area contributed by atoms with Crippen LogP contribution < -0.4 is 5.73 Å². The summed E-state index contributed by atoms with van der Waals surface area (Å²) in [5, 5.41) is 8.68. The van der Waals surface area contributed by atoms with Crippen molar-refractivity contribution in [3.63, 3.8) is 0 Å². The third kappa shape index (κ3) is 4.32. The maximum atomic E-state index is 12.0. The number of rotatable bonds is 5. The summed E-state index contributed by atoms with van der Waals surface area (Å²) in [4.78, 5) is 0. The van der Waals surface area contributed by atoms with Crippen LogP contribution in [0.1, 0.15) is 12.8 Å². The monoisotopic (exact) mass is 147 g/mol. The molecular formula is C7H14FNO. The van der Waals surface area contributed by atoms with Crippen LogP contribution in [0.15, 0.2) is 12.3 Å². The summed E-state index contributed by atoms with van der Waals surface area (Å²) in [6.07, 6.45) is 0.934. The van der Waals surface area contributed by atoms with Crippen molar-refractivity contribution in [2.24, 2.45) is 11.7 Å². The van der Waals surface area contributed by atoms with Crippen LogP contribution in [0.5, 0.6) is 0 Å². The Morgan fingerprint density at radius 2 is 2.30 bits per heavy atom. The summed E-state index contributed by atoms with van der Waals surface area (Å²) in [7, 11) is 0. The fourth-order valence-electron chi connectivity index (χ4n) is 0.803. The normalized spacial score (nSPS) is 13.0. The number of nitrogens with two attached hydrogens (primary N) is 1. The molecule has 0 aromatic rings. The van der Waals surface area contributed by atoms with Gasteiger partial charge in [-0.15, -0.1) is 0 Å². The predicted molar refractivity (Wildman–Crippen MR) is 39.5 cm³/mol. The molecule has 0 fully saturated rings. The number of halogens is 1. The highest BCUT2D eigenvalue weighted by molar-refractivity contribution is 4.82. The summed E-state index contributed by atoms with van der Waals surface area (Å²) in [6.45, 7) is 3.30. The average Bonchev–Trinajstić information content (AvgIpc) is 1.86. The Kier molecular flexibility index (Phi) is 4.94. The minimum absolute atomic E-state index is 0.0381. The Balaban J connectivity index is 3.49. The fourth-order valence-corrected chi connectivity index (χ4v) is 0.803. The lowest BCUT2D eigenvalue weighted by Crippen LogP contribution is -2.11. The smallest absolute Gasteiger partial charge is 0.0927 e. The van der Waals surface area contributed by atoms with Gasteiger partial charge in [0.05, 0.1) is 12.4 Å². The SMILES string of the molecule is C=C(O)CC(CF)CCN. The van der Waals surface area contributed by atoms with Crippen LogP contribution in [0.2, 0.25) is 0 Å². The topological polar surface area (TPSA) is 46.2 Å². The van der Waals surface area contributed by atoms with Gasteiger partial charge in [-0.25, -0.2) is 0 Å². The van der Waals surface area contributed by atoms with Crippen LogP contribution in [0.3, 0.4) is 0 Å². The minimum atomic E-state index is -0.434. The van der Waals surface area contributed by atoms with Crippen molar-refractivity contribution in [1.82, 2.24) is 0 Å². The summed E-state index contributed by atoms with van der Waals surface area (Å²) < 4.78 is 12.0. The third-order valence-electron chi connectivity index (χ3n) is 1.32. The van der Waals surface area contributed by atoms with Crippen LogP contribution in [-0.4, -0.2) is 18.3 Å². The van der Waals surface area contributed by atoms with Gasteiger partial charge in [-0.1, -0.05) is 6.58 Å². The van der Waals surface area contributed by atoms with Gasteiger partial charge in [0.1, 0.15) is 0 Å². The lowest BCUT2D eigenvalue weighted by molar-refractivity contribution is 0.295. The van der Waals surface area contributed by atoms with E-state index in [1.807, 2.05) is 0 Å². The van der Waals surface area contributed by atoms with E-state index in [1.54, 1.807) is 0 Å². The number of alkyl halides is 1. The first-order chi connectivity index (χ1) is 4.70. The molecule has 0 spiro atoms. The summed E-state index contributed by atoms with van der Waals surface area (Å²) in [6, 6.07) is 0. The van der Waals surface area contributed by atoms with E-state index in [0.717, 1.165) is 0 Å². The van der Waals surface area contributed by atoms with E-state index < -0.39 is 6.67 Å². The van der Waals surface area contributed by atoms with Crippen molar-refractivity contribution in [2.45, 2.75) is 12.8 Å². The fraction of sp³-hybridized carbons (Fsp3) is 0.714. The molecule has 0 aromatic carbocycles. The summed E-state index contributed by atoms with van der Waals surface area (Å²) in [5.74, 6) is -0.112. The molecule has 10 heavy (non-hydrogen) atoms. The molecule has 1 unspecified atom stereocenters. The van der Waals surface area contributed by atoms with E-state index in [4.69, 9.17) is 10.8 Å². The molecule has 0 saturated heterocycles. The first-order valence-electron chi connectivity index (χ1n) is 3.33. The molecule has 0 aliphatic rings. The highest BCUT2D eigenvalue weighted by Gasteiger charge is 2.07. The van der Waals surface area contributed by atoms with Crippen LogP contribution in [0.4, 0.5) is 4.39 Å². The highest BCUT2D eigenvalue weighted by Crippen LogP contribution is 2.11. The van der Waals surface area contributed by atoms with E-state index >= 15 is 0 Å². The molecule has 0 heterocycles. The molecule has 2 nitrogen and oxygen atoms in total. The molecule has 0 aliphatic carbocycles. The molecule has 0 radical (unpaired) electrons. The molecule has 0 aromatic heterocycles. The Morgan fingerprint density at radius 3 is 2.60 bits per heavy atom. The average molecular weight is 147 g/mol. The lowest BCUT2D eigenvalue weighted by atomic mass is 10.0. The van der Waals surface area contributed by atoms with Gasteiger partial charge in [0.25, 0.3) is 0 Å². The van der Waals surface area contributed by atoms with Crippen molar-refractivity contribution in [2.75, 3.05) is 13.2 Å². The van der Waals surface area contributed by atoms with Gasteiger partial charge in [-0.3, -0.25) is 4.39 Å². The number of aliphatic hydroxyl groups excluding tert-OH is 1.